The smallest absolute Gasteiger partial charge is 0.417 e. The van der Waals surface area contributed by atoms with Crippen molar-refractivity contribution in [2.75, 3.05) is 6.61 Å². The topological polar surface area (TPSA) is 65.6 Å². The average molecular weight is 464 g/mol. The maximum atomic E-state index is 13.3. The highest BCUT2D eigenvalue weighted by Gasteiger charge is 2.33. The normalized spacial score (nSPS) is 14.5. The number of allylic oxidation sites excluding steroid dienone is 2. The van der Waals surface area contributed by atoms with Crippen LogP contribution in [0.4, 0.5) is 13.2 Å². The molecule has 7 heteroatoms. The predicted octanol–water partition coefficient (Wildman–Crippen LogP) is 6.28. The Morgan fingerprint density at radius 2 is 1.79 bits per heavy atom. The van der Waals surface area contributed by atoms with Gasteiger partial charge in [-0.1, -0.05) is 24.0 Å². The number of phenolic OH excluding ortho intramolecular Hbond substituents is 1. The minimum Gasteiger partial charge on any atom is -0.508 e. The van der Waals surface area contributed by atoms with Crippen LogP contribution in [0.5, 0.6) is 5.75 Å². The van der Waals surface area contributed by atoms with Crippen LogP contribution in [0.15, 0.2) is 65.8 Å². The molecule has 2 aromatic rings. The van der Waals surface area contributed by atoms with E-state index in [4.69, 9.17) is 4.74 Å². The number of halogens is 3. The van der Waals surface area contributed by atoms with Crippen molar-refractivity contribution in [1.82, 2.24) is 0 Å². The molecule has 0 aromatic heterocycles. The van der Waals surface area contributed by atoms with Gasteiger partial charge in [0.1, 0.15) is 5.75 Å². The molecule has 1 aliphatic heterocycles. The van der Waals surface area contributed by atoms with Gasteiger partial charge in [-0.2, -0.15) is 18.4 Å². The Hall–Kier alpha value is -3.97. The summed E-state index contributed by atoms with van der Waals surface area (Å²) in [5, 5.41) is 18.7. The van der Waals surface area contributed by atoms with Gasteiger partial charge in [0.25, 0.3) is 0 Å². The average Bonchev–Trinajstić information content (AvgIpc) is 2.94. The molecule has 0 unspecified atom stereocenters. The number of rotatable bonds is 4. The summed E-state index contributed by atoms with van der Waals surface area (Å²) in [7, 11) is 0. The SMILES string of the molecule is N#Cc1ccc(C#Cc2ccc(O)cc2C(F)(F)F)c(CCCOC2=N/C=C\CCCC=C2)c1. The summed E-state index contributed by atoms with van der Waals surface area (Å²) in [6.07, 6.45) is 7.05. The monoisotopic (exact) mass is 464 g/mol. The number of nitrogens with zero attached hydrogens (tertiary/aromatic N) is 2. The molecule has 0 spiro atoms. The van der Waals surface area contributed by atoms with Gasteiger partial charge in [-0.25, -0.2) is 4.99 Å². The predicted molar refractivity (Wildman–Crippen MR) is 124 cm³/mol. The zero-order valence-electron chi connectivity index (χ0n) is 18.4. The fraction of sp³-hybridized carbons (Fsp3) is 0.259. The van der Waals surface area contributed by atoms with Gasteiger partial charge in [-0.3, -0.25) is 0 Å². The van der Waals surface area contributed by atoms with Crippen LogP contribution in [0.25, 0.3) is 0 Å². The summed E-state index contributed by atoms with van der Waals surface area (Å²) in [5.74, 6) is 5.41. The highest BCUT2D eigenvalue weighted by molar-refractivity contribution is 5.88. The van der Waals surface area contributed by atoms with Crippen molar-refractivity contribution >= 4 is 5.90 Å². The van der Waals surface area contributed by atoms with Gasteiger partial charge in [0.15, 0.2) is 0 Å². The second-order valence-electron chi connectivity index (χ2n) is 7.60. The minimum absolute atomic E-state index is 0.234. The number of alkyl halides is 3. The molecule has 1 heterocycles. The van der Waals surface area contributed by atoms with E-state index in [0.717, 1.165) is 30.9 Å². The van der Waals surface area contributed by atoms with Crippen LogP contribution < -0.4 is 0 Å². The number of ether oxygens (including phenoxy) is 1. The number of aromatic hydroxyl groups is 1. The van der Waals surface area contributed by atoms with Crippen molar-refractivity contribution in [1.29, 1.82) is 5.26 Å². The fourth-order valence-electron chi connectivity index (χ4n) is 3.31. The molecule has 2 aromatic carbocycles. The summed E-state index contributed by atoms with van der Waals surface area (Å²) in [6.45, 7) is 0.386. The van der Waals surface area contributed by atoms with Gasteiger partial charge in [0.05, 0.1) is 23.8 Å². The molecule has 4 nitrogen and oxygen atoms in total. The minimum atomic E-state index is -4.64. The van der Waals surface area contributed by atoms with Crippen LogP contribution in [0.2, 0.25) is 0 Å². The molecule has 1 aliphatic rings. The number of hydrogen-bond acceptors (Lipinski definition) is 4. The number of nitriles is 1. The summed E-state index contributed by atoms with van der Waals surface area (Å²) >= 11 is 0. The highest BCUT2D eigenvalue weighted by Crippen LogP contribution is 2.33. The molecule has 1 N–H and O–H groups in total. The van der Waals surface area contributed by atoms with Crippen LogP contribution in [0.1, 0.15) is 53.5 Å². The quantitative estimate of drug-likeness (QED) is 0.428. The van der Waals surface area contributed by atoms with Gasteiger partial charge in [0.2, 0.25) is 5.90 Å². The van der Waals surface area contributed by atoms with Crippen LogP contribution >= 0.6 is 0 Å². The molecule has 0 atom stereocenters. The fourth-order valence-corrected chi connectivity index (χ4v) is 3.31. The largest absolute Gasteiger partial charge is 0.508 e. The van der Waals surface area contributed by atoms with E-state index in [-0.39, 0.29) is 5.56 Å². The first-order valence-corrected chi connectivity index (χ1v) is 10.8. The molecule has 3 rings (SSSR count). The van der Waals surface area contributed by atoms with Crippen molar-refractivity contribution < 1.29 is 23.0 Å². The van der Waals surface area contributed by atoms with Gasteiger partial charge >= 0.3 is 6.18 Å². The highest BCUT2D eigenvalue weighted by atomic mass is 19.4. The first kappa shape index (κ1) is 24.7. The lowest BCUT2D eigenvalue weighted by Crippen LogP contribution is -2.07. The Morgan fingerprint density at radius 3 is 2.59 bits per heavy atom. The Kier molecular flexibility index (Phi) is 8.54. The standard InChI is InChI=1S/C27H23F3N2O2/c28-27(29,30)25-18-24(33)14-13-22(25)12-11-21-10-9-20(19-31)17-23(21)7-6-16-34-26-8-4-2-1-3-5-15-32-26/h4-5,8-10,13-15,17-18,33H,1-3,6-7,16H2/b8-4?,15-5-,32-26?. The summed E-state index contributed by atoms with van der Waals surface area (Å²) in [5.41, 5.74) is 0.483. The third-order valence-corrected chi connectivity index (χ3v) is 5.02. The zero-order chi connectivity index (χ0) is 24.4. The second-order valence-corrected chi connectivity index (χ2v) is 7.60. The van der Waals surface area contributed by atoms with Gasteiger partial charge in [-0.15, -0.1) is 0 Å². The zero-order valence-corrected chi connectivity index (χ0v) is 18.4. The second kappa shape index (κ2) is 11.8. The molecule has 174 valence electrons. The first-order valence-electron chi connectivity index (χ1n) is 10.8. The molecular weight excluding hydrogens is 441 g/mol. The van der Waals surface area contributed by atoms with Crippen LogP contribution in [-0.2, 0) is 17.3 Å². The lowest BCUT2D eigenvalue weighted by molar-refractivity contribution is -0.137. The van der Waals surface area contributed by atoms with Gasteiger partial charge < -0.3 is 9.84 Å². The molecule has 0 radical (unpaired) electrons. The van der Waals surface area contributed by atoms with Gasteiger partial charge in [-0.05, 0) is 80.1 Å². The first-order chi connectivity index (χ1) is 16.4. The Bertz CT molecular complexity index is 1210. The number of benzene rings is 2. The Morgan fingerprint density at radius 1 is 1.03 bits per heavy atom. The lowest BCUT2D eigenvalue weighted by Gasteiger charge is -2.10. The van der Waals surface area contributed by atoms with Crippen LogP contribution in [0, 0.1) is 23.2 Å². The number of hydrogen-bond donors (Lipinski definition) is 1. The summed E-state index contributed by atoms with van der Waals surface area (Å²) in [4.78, 5) is 4.28. The molecule has 0 aliphatic carbocycles. The third-order valence-electron chi connectivity index (χ3n) is 5.02. The van der Waals surface area contributed by atoms with E-state index in [1.807, 2.05) is 18.2 Å². The molecule has 0 saturated heterocycles. The molecule has 0 bridgehead atoms. The van der Waals surface area contributed by atoms with Crippen LogP contribution in [0.3, 0.4) is 0 Å². The van der Waals surface area contributed by atoms with E-state index in [9.17, 15) is 23.5 Å². The third kappa shape index (κ3) is 7.28. The van der Waals surface area contributed by atoms with Crippen LogP contribution in [-0.4, -0.2) is 17.6 Å². The van der Waals surface area contributed by atoms with E-state index in [1.54, 1.807) is 24.4 Å². The van der Waals surface area contributed by atoms with E-state index in [0.29, 0.717) is 42.5 Å². The van der Waals surface area contributed by atoms with Gasteiger partial charge in [0, 0.05) is 17.3 Å². The summed E-state index contributed by atoms with van der Waals surface area (Å²) in [6, 6.07) is 9.93. The van der Waals surface area contributed by atoms with E-state index in [2.05, 4.69) is 22.9 Å². The molecule has 0 amide bonds. The Balaban J connectivity index is 1.76. The van der Waals surface area contributed by atoms with Crippen molar-refractivity contribution in [2.24, 2.45) is 4.99 Å². The number of aliphatic imine (C=N–C) groups is 1. The number of aryl methyl sites for hydroxylation is 1. The maximum Gasteiger partial charge on any atom is 0.417 e. The van der Waals surface area contributed by atoms with E-state index >= 15 is 0 Å². The maximum absolute atomic E-state index is 13.3. The van der Waals surface area contributed by atoms with Crippen molar-refractivity contribution in [3.8, 4) is 23.7 Å². The molecule has 34 heavy (non-hydrogen) atoms. The lowest BCUT2D eigenvalue weighted by atomic mass is 9.99. The van der Waals surface area contributed by atoms with Crippen molar-refractivity contribution in [3.63, 3.8) is 0 Å². The van der Waals surface area contributed by atoms with Crippen molar-refractivity contribution in [2.45, 2.75) is 38.3 Å². The van der Waals surface area contributed by atoms with Crippen molar-refractivity contribution in [3.05, 3.63) is 88.6 Å². The Labute approximate surface area is 196 Å². The molecular formula is C27H23F3N2O2. The van der Waals surface area contributed by atoms with E-state index < -0.39 is 17.5 Å². The van der Waals surface area contributed by atoms with E-state index in [1.165, 1.54) is 6.07 Å². The molecule has 0 saturated carbocycles. The molecule has 0 fully saturated rings. The number of phenols is 1. The summed E-state index contributed by atoms with van der Waals surface area (Å²) < 4.78 is 45.7.